The average Bonchev–Trinajstić information content (AvgIpc) is 2.45. The minimum atomic E-state index is -0.0632. The molecule has 0 aliphatic rings. The van der Waals surface area contributed by atoms with Gasteiger partial charge in [-0.25, -0.2) is 0 Å². The highest BCUT2D eigenvalue weighted by molar-refractivity contribution is 9.11. The molecule has 6 heteroatoms. The standard InChI is InChI=1S/C17H17Br2ClN2O/c1-11-7-14(18)17(15(19)8-11)21-16(23)10-22(2)9-12-3-5-13(20)6-4-12/h3-8H,9-10H2,1-2H3,(H,21,23). The Kier molecular flexibility index (Phi) is 6.65. The Bertz CT molecular complexity index is 681. The summed E-state index contributed by atoms with van der Waals surface area (Å²) in [5, 5.41) is 3.65. The number of hydrogen-bond donors (Lipinski definition) is 1. The van der Waals surface area contributed by atoms with Gasteiger partial charge in [0.1, 0.15) is 0 Å². The fraction of sp³-hybridized carbons (Fsp3) is 0.235. The number of halogens is 3. The van der Waals surface area contributed by atoms with Gasteiger partial charge >= 0.3 is 0 Å². The molecule has 0 fully saturated rings. The van der Waals surface area contributed by atoms with Crippen LogP contribution in [0.15, 0.2) is 45.3 Å². The van der Waals surface area contributed by atoms with Gasteiger partial charge in [-0.15, -0.1) is 0 Å². The molecule has 0 saturated heterocycles. The largest absolute Gasteiger partial charge is 0.323 e. The Morgan fingerprint density at radius 1 is 1.17 bits per heavy atom. The van der Waals surface area contributed by atoms with Crippen LogP contribution in [0, 0.1) is 6.92 Å². The minimum Gasteiger partial charge on any atom is -0.323 e. The van der Waals surface area contributed by atoms with Crippen LogP contribution in [-0.4, -0.2) is 24.4 Å². The van der Waals surface area contributed by atoms with Crippen LogP contribution in [0.4, 0.5) is 5.69 Å². The van der Waals surface area contributed by atoms with Gasteiger partial charge in [0.15, 0.2) is 0 Å². The number of rotatable bonds is 5. The third-order valence-corrected chi connectivity index (χ3v) is 4.73. The molecule has 23 heavy (non-hydrogen) atoms. The molecule has 0 unspecified atom stereocenters. The van der Waals surface area contributed by atoms with Crippen molar-refractivity contribution in [2.45, 2.75) is 13.5 Å². The minimum absolute atomic E-state index is 0.0632. The van der Waals surface area contributed by atoms with Crippen LogP contribution in [0.5, 0.6) is 0 Å². The molecular formula is C17H17Br2ClN2O. The molecule has 0 aliphatic heterocycles. The van der Waals surface area contributed by atoms with E-state index in [1.54, 1.807) is 0 Å². The van der Waals surface area contributed by atoms with E-state index >= 15 is 0 Å². The van der Waals surface area contributed by atoms with E-state index in [-0.39, 0.29) is 5.91 Å². The number of benzene rings is 2. The fourth-order valence-electron chi connectivity index (χ4n) is 2.20. The van der Waals surface area contributed by atoms with Gasteiger partial charge in [-0.1, -0.05) is 23.7 Å². The first-order valence-electron chi connectivity index (χ1n) is 7.03. The first-order chi connectivity index (χ1) is 10.8. The average molecular weight is 461 g/mol. The van der Waals surface area contributed by atoms with E-state index in [2.05, 4.69) is 37.2 Å². The van der Waals surface area contributed by atoms with Gasteiger partial charge in [0.2, 0.25) is 5.91 Å². The van der Waals surface area contributed by atoms with Crippen molar-refractivity contribution in [3.63, 3.8) is 0 Å². The molecule has 1 N–H and O–H groups in total. The quantitative estimate of drug-likeness (QED) is 0.662. The lowest BCUT2D eigenvalue weighted by molar-refractivity contribution is -0.117. The van der Waals surface area contributed by atoms with Crippen molar-refractivity contribution >= 4 is 55.1 Å². The van der Waals surface area contributed by atoms with Gasteiger partial charge < -0.3 is 5.32 Å². The number of hydrogen-bond acceptors (Lipinski definition) is 2. The summed E-state index contributed by atoms with van der Waals surface area (Å²) in [4.78, 5) is 14.2. The number of aryl methyl sites for hydroxylation is 1. The molecule has 3 nitrogen and oxygen atoms in total. The van der Waals surface area contributed by atoms with Crippen LogP contribution >= 0.6 is 43.5 Å². The van der Waals surface area contributed by atoms with Crippen LogP contribution in [0.1, 0.15) is 11.1 Å². The zero-order valence-electron chi connectivity index (χ0n) is 12.9. The van der Waals surface area contributed by atoms with E-state index in [9.17, 15) is 4.79 Å². The summed E-state index contributed by atoms with van der Waals surface area (Å²) in [6.45, 7) is 2.98. The summed E-state index contributed by atoms with van der Waals surface area (Å²) in [6, 6.07) is 11.6. The summed E-state index contributed by atoms with van der Waals surface area (Å²) in [7, 11) is 1.91. The van der Waals surface area contributed by atoms with Gasteiger partial charge in [0, 0.05) is 20.5 Å². The number of likely N-dealkylation sites (N-methyl/N-ethyl adjacent to an activating group) is 1. The molecule has 0 aromatic heterocycles. The highest BCUT2D eigenvalue weighted by Crippen LogP contribution is 2.32. The SMILES string of the molecule is Cc1cc(Br)c(NC(=O)CN(C)Cc2ccc(Cl)cc2)c(Br)c1. The molecule has 0 heterocycles. The number of nitrogens with zero attached hydrogens (tertiary/aromatic N) is 1. The van der Waals surface area contributed by atoms with Crippen molar-refractivity contribution in [1.82, 2.24) is 4.90 Å². The van der Waals surface area contributed by atoms with E-state index in [1.165, 1.54) is 0 Å². The molecule has 0 aliphatic carbocycles. The van der Waals surface area contributed by atoms with Crippen molar-refractivity contribution in [3.05, 3.63) is 61.5 Å². The molecule has 1 amide bonds. The summed E-state index contributed by atoms with van der Waals surface area (Å²) < 4.78 is 1.72. The van der Waals surface area contributed by atoms with Crippen molar-refractivity contribution in [2.75, 3.05) is 18.9 Å². The second-order valence-corrected chi connectivity index (χ2v) is 7.60. The van der Waals surface area contributed by atoms with E-state index in [1.807, 2.05) is 55.3 Å². The van der Waals surface area contributed by atoms with Gasteiger partial charge in [-0.05, 0) is 81.2 Å². The van der Waals surface area contributed by atoms with Gasteiger partial charge in [-0.2, -0.15) is 0 Å². The van der Waals surface area contributed by atoms with Crippen LogP contribution in [0.25, 0.3) is 0 Å². The van der Waals surface area contributed by atoms with Gasteiger partial charge in [-0.3, -0.25) is 9.69 Å². The van der Waals surface area contributed by atoms with Crippen LogP contribution in [0.3, 0.4) is 0 Å². The number of nitrogens with one attached hydrogen (secondary N) is 1. The fourth-order valence-corrected chi connectivity index (χ4v) is 3.94. The summed E-state index contributed by atoms with van der Waals surface area (Å²) in [6.07, 6.45) is 0. The summed E-state index contributed by atoms with van der Waals surface area (Å²) in [5.41, 5.74) is 2.98. The monoisotopic (exact) mass is 458 g/mol. The zero-order chi connectivity index (χ0) is 17.0. The molecule has 122 valence electrons. The molecule has 0 bridgehead atoms. The molecule has 0 spiro atoms. The second-order valence-electron chi connectivity index (χ2n) is 5.45. The Morgan fingerprint density at radius 2 is 1.74 bits per heavy atom. The maximum Gasteiger partial charge on any atom is 0.238 e. The Morgan fingerprint density at radius 3 is 2.30 bits per heavy atom. The van der Waals surface area contributed by atoms with E-state index in [0.717, 1.165) is 25.8 Å². The number of carbonyl (C=O) groups excluding carboxylic acids is 1. The van der Waals surface area contributed by atoms with E-state index in [0.29, 0.717) is 18.1 Å². The lowest BCUT2D eigenvalue weighted by atomic mass is 10.2. The zero-order valence-corrected chi connectivity index (χ0v) is 16.8. The van der Waals surface area contributed by atoms with Crippen LogP contribution in [0.2, 0.25) is 5.02 Å². The third-order valence-electron chi connectivity index (χ3n) is 3.23. The summed E-state index contributed by atoms with van der Waals surface area (Å²) >= 11 is 12.8. The lowest BCUT2D eigenvalue weighted by Crippen LogP contribution is -2.30. The van der Waals surface area contributed by atoms with Gasteiger partial charge in [0.05, 0.1) is 12.2 Å². The van der Waals surface area contributed by atoms with Crippen molar-refractivity contribution in [2.24, 2.45) is 0 Å². The second kappa shape index (κ2) is 8.29. The topological polar surface area (TPSA) is 32.3 Å². The molecular weight excluding hydrogens is 443 g/mol. The highest BCUT2D eigenvalue weighted by atomic mass is 79.9. The molecule has 0 radical (unpaired) electrons. The maximum absolute atomic E-state index is 12.2. The van der Waals surface area contributed by atoms with Crippen molar-refractivity contribution in [1.29, 1.82) is 0 Å². The van der Waals surface area contributed by atoms with E-state index in [4.69, 9.17) is 11.6 Å². The first-order valence-corrected chi connectivity index (χ1v) is 9.00. The number of amides is 1. The van der Waals surface area contributed by atoms with E-state index < -0.39 is 0 Å². The van der Waals surface area contributed by atoms with Crippen LogP contribution in [-0.2, 0) is 11.3 Å². The Hall–Kier alpha value is -0.880. The summed E-state index contributed by atoms with van der Waals surface area (Å²) in [5.74, 6) is -0.0632. The number of anilines is 1. The molecule has 0 saturated carbocycles. The normalized spacial score (nSPS) is 10.9. The Labute approximate surface area is 158 Å². The molecule has 2 rings (SSSR count). The van der Waals surface area contributed by atoms with Gasteiger partial charge in [0.25, 0.3) is 0 Å². The molecule has 2 aromatic rings. The smallest absolute Gasteiger partial charge is 0.238 e. The Balaban J connectivity index is 1.95. The molecule has 2 aromatic carbocycles. The lowest BCUT2D eigenvalue weighted by Gasteiger charge is -2.17. The van der Waals surface area contributed by atoms with Crippen molar-refractivity contribution < 1.29 is 4.79 Å². The number of carbonyl (C=O) groups is 1. The maximum atomic E-state index is 12.2. The van der Waals surface area contributed by atoms with Crippen LogP contribution < -0.4 is 5.32 Å². The highest BCUT2D eigenvalue weighted by Gasteiger charge is 2.12. The predicted octanol–water partition coefficient (Wildman–Crippen LogP) is 5.24. The molecule has 0 atom stereocenters. The van der Waals surface area contributed by atoms with Crippen molar-refractivity contribution in [3.8, 4) is 0 Å². The first kappa shape index (κ1) is 18.5. The predicted molar refractivity (Wildman–Crippen MR) is 103 cm³/mol. The third kappa shape index (κ3) is 5.60.